The van der Waals surface area contributed by atoms with Crippen LogP contribution in [0.15, 0.2) is 41.3 Å². The number of carbonyl (C=O) groups is 2. The molecule has 0 bridgehead atoms. The molecule has 0 fully saturated rings. The van der Waals surface area contributed by atoms with Crippen LogP contribution in [0.2, 0.25) is 0 Å². The SMILES string of the molecule is COC(=O)c1cc(OC)c(OC)cc1NC(=O)c1ccc(S(=O)(=O)C(F)(F)F)cc1. The number of ether oxygens (including phenoxy) is 3. The van der Waals surface area contributed by atoms with Gasteiger partial charge in [0.15, 0.2) is 11.5 Å². The molecule has 12 heteroatoms. The van der Waals surface area contributed by atoms with E-state index < -0.39 is 32.1 Å². The summed E-state index contributed by atoms with van der Waals surface area (Å²) in [6, 6.07) is 5.71. The molecule has 0 aliphatic carbocycles. The molecule has 162 valence electrons. The zero-order valence-corrected chi connectivity index (χ0v) is 16.7. The Bertz CT molecular complexity index is 1060. The van der Waals surface area contributed by atoms with E-state index in [0.29, 0.717) is 12.1 Å². The van der Waals surface area contributed by atoms with E-state index in [1.165, 1.54) is 26.4 Å². The fourth-order valence-corrected chi connectivity index (χ4v) is 3.14. The molecule has 0 spiro atoms. The first-order valence-corrected chi connectivity index (χ1v) is 9.51. The summed E-state index contributed by atoms with van der Waals surface area (Å²) >= 11 is 0. The Labute approximate surface area is 169 Å². The van der Waals surface area contributed by atoms with E-state index in [4.69, 9.17) is 9.47 Å². The highest BCUT2D eigenvalue weighted by molar-refractivity contribution is 7.92. The molecule has 8 nitrogen and oxygen atoms in total. The zero-order chi connectivity index (χ0) is 22.7. The Kier molecular flexibility index (Phi) is 6.60. The first kappa shape index (κ1) is 23.0. The summed E-state index contributed by atoms with van der Waals surface area (Å²) in [5.41, 5.74) is -5.70. The molecule has 2 aromatic rings. The summed E-state index contributed by atoms with van der Waals surface area (Å²) in [5.74, 6) is -1.23. The number of alkyl halides is 3. The van der Waals surface area contributed by atoms with E-state index in [1.54, 1.807) is 0 Å². The van der Waals surface area contributed by atoms with Crippen LogP contribution >= 0.6 is 0 Å². The average molecular weight is 447 g/mol. The normalized spacial score (nSPS) is 11.5. The third-order valence-electron chi connectivity index (χ3n) is 3.91. The lowest BCUT2D eigenvalue weighted by molar-refractivity contribution is -0.0436. The summed E-state index contributed by atoms with van der Waals surface area (Å²) < 4.78 is 75.5. The van der Waals surface area contributed by atoms with Gasteiger partial charge in [0.2, 0.25) is 0 Å². The topological polar surface area (TPSA) is 108 Å². The lowest BCUT2D eigenvalue weighted by atomic mass is 10.1. The van der Waals surface area contributed by atoms with Crippen molar-refractivity contribution in [2.24, 2.45) is 0 Å². The lowest BCUT2D eigenvalue weighted by Gasteiger charge is -2.15. The van der Waals surface area contributed by atoms with Gasteiger partial charge in [-0.15, -0.1) is 0 Å². The van der Waals surface area contributed by atoms with Gasteiger partial charge in [-0.3, -0.25) is 4.79 Å². The van der Waals surface area contributed by atoms with Crippen LogP contribution in [0.1, 0.15) is 20.7 Å². The number of hydrogen-bond acceptors (Lipinski definition) is 7. The van der Waals surface area contributed by atoms with Crippen molar-refractivity contribution in [1.82, 2.24) is 0 Å². The van der Waals surface area contributed by atoms with Crippen molar-refractivity contribution in [3.8, 4) is 11.5 Å². The van der Waals surface area contributed by atoms with E-state index >= 15 is 0 Å². The van der Waals surface area contributed by atoms with Gasteiger partial charge in [0.05, 0.1) is 37.5 Å². The number of anilines is 1. The van der Waals surface area contributed by atoms with Gasteiger partial charge in [0.1, 0.15) is 0 Å². The van der Waals surface area contributed by atoms with Crippen molar-refractivity contribution in [2.75, 3.05) is 26.6 Å². The Hall–Kier alpha value is -3.28. The number of hydrogen-bond donors (Lipinski definition) is 1. The van der Waals surface area contributed by atoms with Crippen molar-refractivity contribution < 1.29 is 45.4 Å². The number of amides is 1. The minimum atomic E-state index is -5.54. The molecule has 0 heterocycles. The van der Waals surface area contributed by atoms with Crippen molar-refractivity contribution in [2.45, 2.75) is 10.4 Å². The van der Waals surface area contributed by atoms with Gasteiger partial charge in [-0.1, -0.05) is 0 Å². The maximum atomic E-state index is 12.6. The quantitative estimate of drug-likeness (QED) is 0.678. The Morgan fingerprint density at radius 1 is 0.933 bits per heavy atom. The number of esters is 1. The number of benzene rings is 2. The molecule has 0 aromatic heterocycles. The summed E-state index contributed by atoms with van der Waals surface area (Å²) in [7, 11) is -1.73. The zero-order valence-electron chi connectivity index (χ0n) is 15.9. The minimum Gasteiger partial charge on any atom is -0.493 e. The first-order chi connectivity index (χ1) is 14.0. The summed E-state index contributed by atoms with van der Waals surface area (Å²) in [5, 5.41) is 2.41. The highest BCUT2D eigenvalue weighted by Crippen LogP contribution is 2.34. The third kappa shape index (κ3) is 4.48. The molecule has 0 unspecified atom stereocenters. The maximum Gasteiger partial charge on any atom is 0.501 e. The third-order valence-corrected chi connectivity index (χ3v) is 5.41. The molecular weight excluding hydrogens is 431 g/mol. The molecule has 0 saturated carbocycles. The second-order valence-electron chi connectivity index (χ2n) is 5.67. The van der Waals surface area contributed by atoms with Crippen LogP contribution in [0, 0.1) is 0 Å². The van der Waals surface area contributed by atoms with Gasteiger partial charge in [-0.05, 0) is 24.3 Å². The molecule has 2 rings (SSSR count). The van der Waals surface area contributed by atoms with Gasteiger partial charge in [0.25, 0.3) is 15.7 Å². The van der Waals surface area contributed by atoms with Crippen LogP contribution in [0.25, 0.3) is 0 Å². The molecule has 1 amide bonds. The monoisotopic (exact) mass is 447 g/mol. The van der Waals surface area contributed by atoms with Gasteiger partial charge >= 0.3 is 11.5 Å². The molecule has 0 radical (unpaired) electrons. The first-order valence-electron chi connectivity index (χ1n) is 8.03. The maximum absolute atomic E-state index is 12.6. The molecule has 0 aliphatic rings. The fourth-order valence-electron chi connectivity index (χ4n) is 2.37. The van der Waals surface area contributed by atoms with E-state index in [2.05, 4.69) is 10.1 Å². The van der Waals surface area contributed by atoms with Crippen molar-refractivity contribution in [3.05, 3.63) is 47.5 Å². The van der Waals surface area contributed by atoms with Gasteiger partial charge in [-0.25, -0.2) is 13.2 Å². The molecular formula is C18H16F3NO7S. The van der Waals surface area contributed by atoms with Gasteiger partial charge in [-0.2, -0.15) is 13.2 Å². The molecule has 0 saturated heterocycles. The summed E-state index contributed by atoms with van der Waals surface area (Å²) in [6.45, 7) is 0. The highest BCUT2D eigenvalue weighted by Gasteiger charge is 2.46. The largest absolute Gasteiger partial charge is 0.501 e. The minimum absolute atomic E-state index is 0.0171. The molecule has 1 N–H and O–H groups in total. The Morgan fingerprint density at radius 2 is 1.47 bits per heavy atom. The summed E-state index contributed by atoms with van der Waals surface area (Å²) in [6.07, 6.45) is 0. The second kappa shape index (κ2) is 8.61. The van der Waals surface area contributed by atoms with Crippen LogP contribution < -0.4 is 14.8 Å². The van der Waals surface area contributed by atoms with Crippen LogP contribution in [-0.2, 0) is 14.6 Å². The average Bonchev–Trinajstić information content (AvgIpc) is 2.71. The molecule has 2 aromatic carbocycles. The predicted molar refractivity (Wildman–Crippen MR) is 98.5 cm³/mol. The number of rotatable bonds is 6. The van der Waals surface area contributed by atoms with Crippen molar-refractivity contribution in [1.29, 1.82) is 0 Å². The van der Waals surface area contributed by atoms with Crippen LogP contribution in [0.4, 0.5) is 18.9 Å². The fraction of sp³-hybridized carbons (Fsp3) is 0.222. The lowest BCUT2D eigenvalue weighted by Crippen LogP contribution is -2.23. The number of halogens is 3. The number of methoxy groups -OCH3 is 3. The van der Waals surface area contributed by atoms with Gasteiger partial charge in [0, 0.05) is 17.7 Å². The van der Waals surface area contributed by atoms with E-state index in [9.17, 15) is 31.2 Å². The van der Waals surface area contributed by atoms with E-state index in [-0.39, 0.29) is 28.3 Å². The van der Waals surface area contributed by atoms with E-state index in [1.807, 2.05) is 0 Å². The van der Waals surface area contributed by atoms with E-state index in [0.717, 1.165) is 19.2 Å². The standard InChI is InChI=1S/C18H16F3NO7S/c1-27-14-8-12(17(24)29-3)13(9-15(14)28-2)22-16(23)10-4-6-11(7-5-10)30(25,26)18(19,20)21/h4-9H,1-3H3,(H,22,23). The smallest absolute Gasteiger partial charge is 0.493 e. The van der Waals surface area contributed by atoms with Crippen LogP contribution in [-0.4, -0.2) is 47.1 Å². The molecule has 0 atom stereocenters. The number of carbonyl (C=O) groups excluding carboxylic acids is 2. The number of sulfone groups is 1. The van der Waals surface area contributed by atoms with Crippen LogP contribution in [0.3, 0.4) is 0 Å². The Balaban J connectivity index is 2.39. The van der Waals surface area contributed by atoms with Crippen LogP contribution in [0.5, 0.6) is 11.5 Å². The number of nitrogens with one attached hydrogen (secondary N) is 1. The predicted octanol–water partition coefficient (Wildman–Crippen LogP) is 3.04. The highest BCUT2D eigenvalue weighted by atomic mass is 32.2. The molecule has 0 aliphatic heterocycles. The second-order valence-corrected chi connectivity index (χ2v) is 7.61. The Morgan fingerprint density at radius 3 is 1.93 bits per heavy atom. The van der Waals surface area contributed by atoms with Crippen molar-refractivity contribution >= 4 is 27.4 Å². The van der Waals surface area contributed by atoms with Gasteiger partial charge < -0.3 is 19.5 Å². The summed E-state index contributed by atoms with van der Waals surface area (Å²) in [4.78, 5) is 23.5. The molecule has 30 heavy (non-hydrogen) atoms. The van der Waals surface area contributed by atoms with Crippen molar-refractivity contribution in [3.63, 3.8) is 0 Å².